The van der Waals surface area contributed by atoms with E-state index in [9.17, 15) is 9.59 Å². The third kappa shape index (κ3) is 2.69. The van der Waals surface area contributed by atoms with Crippen LogP contribution in [0.3, 0.4) is 0 Å². The first-order valence-corrected chi connectivity index (χ1v) is 13.3. The summed E-state index contributed by atoms with van der Waals surface area (Å²) in [6.45, 7) is 4.45. The summed E-state index contributed by atoms with van der Waals surface area (Å²) in [5, 5.41) is 0. The maximum Gasteiger partial charge on any atom is 0.238 e. The average Bonchev–Trinajstić information content (AvgIpc) is 3.46. The fourth-order valence-electron chi connectivity index (χ4n) is 8.42. The van der Waals surface area contributed by atoms with Crippen LogP contribution in [0.2, 0.25) is 0 Å². The number of nitrogens with zero attached hydrogens (tertiary/aromatic N) is 1. The zero-order chi connectivity index (χ0) is 26.1. The van der Waals surface area contributed by atoms with Crippen molar-refractivity contribution in [2.24, 2.45) is 17.3 Å². The molecule has 2 amide bonds. The van der Waals surface area contributed by atoms with Gasteiger partial charge in [0.25, 0.3) is 0 Å². The quantitative estimate of drug-likeness (QED) is 0.285. The molecule has 4 aromatic carbocycles. The highest BCUT2D eigenvalue weighted by Gasteiger charge is 2.79. The molecule has 0 N–H and O–H groups in total. The number of amides is 2. The van der Waals surface area contributed by atoms with E-state index in [1.54, 1.807) is 0 Å². The number of fused-ring (bicyclic) bond motifs is 5. The third-order valence-electron chi connectivity index (χ3n) is 9.49. The van der Waals surface area contributed by atoms with Gasteiger partial charge < -0.3 is 0 Å². The number of para-hydroxylation sites is 1. The topological polar surface area (TPSA) is 37.4 Å². The lowest BCUT2D eigenvalue weighted by molar-refractivity contribution is -0.123. The molecular weight excluding hydrogens is 466 g/mol. The van der Waals surface area contributed by atoms with Gasteiger partial charge in [0.1, 0.15) is 0 Å². The zero-order valence-corrected chi connectivity index (χ0v) is 21.5. The second-order valence-corrected chi connectivity index (χ2v) is 11.0. The van der Waals surface area contributed by atoms with E-state index in [4.69, 9.17) is 0 Å². The number of carbonyl (C=O) groups excluding carboxylic acids is 2. The normalized spacial score (nSPS) is 29.7. The standard InChI is InChI=1S/C35H29NO2/c1-23-28(24-15-7-3-8-16-24)34(2)29-30(33(38)36(32(29)37)27-21-13-6-14-22-27)35(23,26-19-11-5-12-20-26)31(34)25-17-9-4-10-18-25/h3-22,29-31H,1-2H3/t29-,30+,31+,34+,35+/m0/s1. The van der Waals surface area contributed by atoms with Gasteiger partial charge in [0, 0.05) is 16.7 Å². The van der Waals surface area contributed by atoms with Crippen LogP contribution in [0.5, 0.6) is 0 Å². The third-order valence-corrected chi connectivity index (χ3v) is 9.49. The van der Waals surface area contributed by atoms with Crippen molar-refractivity contribution in [3.63, 3.8) is 0 Å². The fraction of sp³-hybridized carbons (Fsp3) is 0.200. The van der Waals surface area contributed by atoms with Gasteiger partial charge in [-0.2, -0.15) is 0 Å². The number of carbonyl (C=O) groups is 2. The Balaban J connectivity index is 1.58. The lowest BCUT2D eigenvalue weighted by Crippen LogP contribution is -2.43. The summed E-state index contributed by atoms with van der Waals surface area (Å²) in [7, 11) is 0. The van der Waals surface area contributed by atoms with Crippen LogP contribution < -0.4 is 4.90 Å². The van der Waals surface area contributed by atoms with E-state index in [0.717, 1.165) is 11.1 Å². The molecule has 2 fully saturated rings. The lowest BCUT2D eigenvalue weighted by Gasteiger charge is -2.40. The van der Waals surface area contributed by atoms with Crippen LogP contribution in [0.15, 0.2) is 127 Å². The van der Waals surface area contributed by atoms with Crippen molar-refractivity contribution >= 4 is 23.1 Å². The van der Waals surface area contributed by atoms with Crippen LogP contribution in [-0.4, -0.2) is 11.8 Å². The summed E-state index contributed by atoms with van der Waals surface area (Å²) in [6.07, 6.45) is 0. The van der Waals surface area contributed by atoms with Gasteiger partial charge in [-0.05, 0) is 41.3 Å². The largest absolute Gasteiger partial charge is 0.274 e. The van der Waals surface area contributed by atoms with Gasteiger partial charge in [-0.15, -0.1) is 0 Å². The van der Waals surface area contributed by atoms with Gasteiger partial charge in [-0.25, -0.2) is 4.90 Å². The van der Waals surface area contributed by atoms with Gasteiger partial charge in [-0.3, -0.25) is 9.59 Å². The summed E-state index contributed by atoms with van der Waals surface area (Å²) in [5.74, 6) is -1.20. The molecule has 1 heterocycles. The number of hydrogen-bond acceptors (Lipinski definition) is 2. The molecule has 1 aliphatic heterocycles. The summed E-state index contributed by atoms with van der Waals surface area (Å²) >= 11 is 0. The van der Waals surface area contributed by atoms with E-state index in [1.165, 1.54) is 21.6 Å². The molecule has 0 spiro atoms. The van der Waals surface area contributed by atoms with E-state index in [-0.39, 0.29) is 17.7 Å². The Hall–Kier alpha value is -4.24. The molecule has 2 aliphatic carbocycles. The minimum atomic E-state index is -0.649. The minimum Gasteiger partial charge on any atom is -0.274 e. The molecule has 3 aliphatic rings. The number of allylic oxidation sites excluding steroid dienone is 2. The van der Waals surface area contributed by atoms with Crippen LogP contribution in [0.1, 0.15) is 36.5 Å². The second kappa shape index (κ2) is 8.13. The first kappa shape index (κ1) is 22.9. The Labute approximate surface area is 223 Å². The molecule has 5 atom stereocenters. The smallest absolute Gasteiger partial charge is 0.238 e. The van der Waals surface area contributed by atoms with Crippen LogP contribution in [0.4, 0.5) is 5.69 Å². The molecule has 38 heavy (non-hydrogen) atoms. The fourth-order valence-corrected chi connectivity index (χ4v) is 8.42. The van der Waals surface area contributed by atoms with E-state index >= 15 is 0 Å². The first-order valence-electron chi connectivity index (χ1n) is 13.3. The molecule has 2 bridgehead atoms. The van der Waals surface area contributed by atoms with Gasteiger partial charge in [0.2, 0.25) is 11.8 Å². The van der Waals surface area contributed by atoms with Crippen molar-refractivity contribution in [2.45, 2.75) is 25.2 Å². The monoisotopic (exact) mass is 495 g/mol. The van der Waals surface area contributed by atoms with Crippen molar-refractivity contribution in [1.82, 2.24) is 0 Å². The zero-order valence-electron chi connectivity index (χ0n) is 21.5. The number of rotatable bonds is 4. The van der Waals surface area contributed by atoms with E-state index in [0.29, 0.717) is 5.69 Å². The number of anilines is 1. The van der Waals surface area contributed by atoms with E-state index < -0.39 is 22.7 Å². The highest BCUT2D eigenvalue weighted by atomic mass is 16.2. The SMILES string of the molecule is CC1=C(c2ccccc2)[C@]2(C)[C@@H]3C(=O)N(c4ccccc4)C(=O)[C@@H]3[C@@]1(c1ccccc1)[C@@H]2c1ccccc1. The van der Waals surface area contributed by atoms with Gasteiger partial charge >= 0.3 is 0 Å². The predicted molar refractivity (Wildman–Crippen MR) is 150 cm³/mol. The Bertz CT molecular complexity index is 1580. The summed E-state index contributed by atoms with van der Waals surface area (Å²) in [6, 6.07) is 40.8. The first-order chi connectivity index (χ1) is 18.5. The van der Waals surface area contributed by atoms with Crippen LogP contribution >= 0.6 is 0 Å². The van der Waals surface area contributed by atoms with Gasteiger partial charge in [0.15, 0.2) is 0 Å². The predicted octanol–water partition coefficient (Wildman–Crippen LogP) is 7.02. The van der Waals surface area contributed by atoms with Gasteiger partial charge in [0.05, 0.1) is 17.5 Å². The molecule has 3 nitrogen and oxygen atoms in total. The molecule has 0 unspecified atom stereocenters. The van der Waals surface area contributed by atoms with Crippen molar-refractivity contribution in [2.75, 3.05) is 4.90 Å². The molecule has 4 aromatic rings. The number of benzene rings is 4. The van der Waals surface area contributed by atoms with Crippen molar-refractivity contribution in [1.29, 1.82) is 0 Å². The Morgan fingerprint density at radius 2 is 1.13 bits per heavy atom. The molecule has 1 saturated heterocycles. The maximum atomic E-state index is 14.6. The van der Waals surface area contributed by atoms with E-state index in [2.05, 4.69) is 86.6 Å². The molecule has 1 saturated carbocycles. The lowest BCUT2D eigenvalue weighted by atomic mass is 9.61. The van der Waals surface area contributed by atoms with Crippen LogP contribution in [0, 0.1) is 17.3 Å². The molecule has 3 heteroatoms. The van der Waals surface area contributed by atoms with Crippen molar-refractivity contribution in [3.05, 3.63) is 144 Å². The molecule has 0 aromatic heterocycles. The van der Waals surface area contributed by atoms with E-state index in [1.807, 2.05) is 48.5 Å². The highest BCUT2D eigenvalue weighted by Crippen LogP contribution is 2.79. The van der Waals surface area contributed by atoms with Crippen molar-refractivity contribution in [3.8, 4) is 0 Å². The molecule has 186 valence electrons. The Morgan fingerprint density at radius 1 is 0.632 bits per heavy atom. The molecular formula is C35H29NO2. The Morgan fingerprint density at radius 3 is 1.74 bits per heavy atom. The number of hydrogen-bond donors (Lipinski definition) is 0. The molecule has 0 radical (unpaired) electrons. The van der Waals surface area contributed by atoms with Crippen molar-refractivity contribution < 1.29 is 9.59 Å². The van der Waals surface area contributed by atoms with Crippen LogP contribution in [0.25, 0.3) is 5.57 Å². The highest BCUT2D eigenvalue weighted by molar-refractivity contribution is 6.25. The maximum absolute atomic E-state index is 14.6. The minimum absolute atomic E-state index is 0.0605. The molecule has 7 rings (SSSR count). The summed E-state index contributed by atoms with van der Waals surface area (Å²) in [4.78, 5) is 30.5. The van der Waals surface area contributed by atoms with Gasteiger partial charge in [-0.1, -0.05) is 122 Å². The average molecular weight is 496 g/mol. The summed E-state index contributed by atoms with van der Waals surface area (Å²) in [5.41, 5.74) is 5.23. The second-order valence-electron chi connectivity index (χ2n) is 11.0. The summed E-state index contributed by atoms with van der Waals surface area (Å²) < 4.78 is 0. The number of imide groups is 1. The Kier molecular flexibility index (Phi) is 4.90. The van der Waals surface area contributed by atoms with Crippen LogP contribution in [-0.2, 0) is 15.0 Å².